The lowest BCUT2D eigenvalue weighted by atomic mass is 10.1. The lowest BCUT2D eigenvalue weighted by Crippen LogP contribution is -2.15. The van der Waals surface area contributed by atoms with Crippen molar-refractivity contribution in [2.75, 3.05) is 0 Å². The van der Waals surface area contributed by atoms with E-state index in [2.05, 4.69) is 0 Å². The number of hydrogen-bond acceptors (Lipinski definition) is 4. The summed E-state index contributed by atoms with van der Waals surface area (Å²) >= 11 is 0. The second-order valence-electron chi connectivity index (χ2n) is 3.28. The molecule has 0 aliphatic carbocycles. The van der Waals surface area contributed by atoms with E-state index in [0.29, 0.717) is 11.1 Å². The Morgan fingerprint density at radius 3 is 2.50 bits per heavy atom. The Kier molecular flexibility index (Phi) is 3.34. The minimum absolute atomic E-state index is 0.0495. The molecule has 84 valence electrons. The van der Waals surface area contributed by atoms with Crippen molar-refractivity contribution >= 4 is 17.4 Å². The third-order valence-corrected chi connectivity index (χ3v) is 2.06. The Hall–Kier alpha value is -2.24. The summed E-state index contributed by atoms with van der Waals surface area (Å²) in [4.78, 5) is 31.2. The molecule has 0 spiro atoms. The van der Waals surface area contributed by atoms with Gasteiger partial charge >= 0.3 is 5.97 Å². The lowest BCUT2D eigenvalue weighted by molar-refractivity contribution is -0.385. The van der Waals surface area contributed by atoms with Gasteiger partial charge in [-0.3, -0.25) is 14.9 Å². The van der Waals surface area contributed by atoms with Gasteiger partial charge in [-0.25, -0.2) is 4.79 Å². The number of benzene rings is 1. The first kappa shape index (κ1) is 11.8. The summed E-state index contributed by atoms with van der Waals surface area (Å²) in [5.74, 6) is -2.44. The molecule has 6 heteroatoms. The Bertz CT molecular complexity index is 466. The number of carboxylic acid groups (broad SMARTS) is 1. The average Bonchev–Trinajstić information content (AvgIpc) is 2.16. The SMILES string of the molecule is Cc1cc(CC(=O)C(=O)O)ccc1[N+](=O)[O-]. The number of aliphatic carboxylic acids is 1. The summed E-state index contributed by atoms with van der Waals surface area (Å²) in [6.07, 6.45) is -0.256. The fraction of sp³-hybridized carbons (Fsp3) is 0.200. The van der Waals surface area contributed by atoms with E-state index >= 15 is 0 Å². The van der Waals surface area contributed by atoms with Gasteiger partial charge in [-0.1, -0.05) is 6.07 Å². The molecule has 1 aromatic rings. The van der Waals surface area contributed by atoms with Gasteiger partial charge in [0.2, 0.25) is 5.78 Å². The van der Waals surface area contributed by atoms with Crippen molar-refractivity contribution in [3.63, 3.8) is 0 Å². The van der Waals surface area contributed by atoms with Gasteiger partial charge in [0.05, 0.1) is 4.92 Å². The van der Waals surface area contributed by atoms with Crippen molar-refractivity contribution in [2.24, 2.45) is 0 Å². The number of aryl methyl sites for hydroxylation is 1. The first-order valence-corrected chi connectivity index (χ1v) is 4.42. The number of nitro groups is 1. The van der Waals surface area contributed by atoms with Crippen molar-refractivity contribution in [2.45, 2.75) is 13.3 Å². The highest BCUT2D eigenvalue weighted by Crippen LogP contribution is 2.19. The van der Waals surface area contributed by atoms with Gasteiger partial charge < -0.3 is 5.11 Å². The van der Waals surface area contributed by atoms with Crippen LogP contribution in [0.1, 0.15) is 11.1 Å². The molecule has 1 N–H and O–H groups in total. The van der Waals surface area contributed by atoms with Crippen LogP contribution in [-0.2, 0) is 16.0 Å². The topological polar surface area (TPSA) is 97.5 Å². The van der Waals surface area contributed by atoms with E-state index in [1.165, 1.54) is 25.1 Å². The molecule has 6 nitrogen and oxygen atoms in total. The number of carbonyl (C=O) groups excluding carboxylic acids is 1. The molecular weight excluding hydrogens is 214 g/mol. The minimum Gasteiger partial charge on any atom is -0.475 e. The number of ketones is 1. The molecule has 0 aromatic heterocycles. The number of Topliss-reactive ketones (excluding diaryl/α,β-unsaturated/α-hetero) is 1. The van der Waals surface area contributed by atoms with Gasteiger partial charge in [0, 0.05) is 18.1 Å². The molecule has 0 atom stereocenters. The van der Waals surface area contributed by atoms with Gasteiger partial charge in [0.25, 0.3) is 5.69 Å². The van der Waals surface area contributed by atoms with E-state index < -0.39 is 16.7 Å². The molecule has 0 unspecified atom stereocenters. The van der Waals surface area contributed by atoms with E-state index in [-0.39, 0.29) is 12.1 Å². The minimum atomic E-state index is -1.50. The largest absolute Gasteiger partial charge is 0.475 e. The van der Waals surface area contributed by atoms with Crippen molar-refractivity contribution in [3.8, 4) is 0 Å². The first-order valence-electron chi connectivity index (χ1n) is 4.42. The molecule has 0 saturated carbocycles. The molecule has 0 radical (unpaired) electrons. The zero-order valence-electron chi connectivity index (χ0n) is 8.47. The van der Waals surface area contributed by atoms with Crippen molar-refractivity contribution in [3.05, 3.63) is 39.4 Å². The highest BCUT2D eigenvalue weighted by atomic mass is 16.6. The zero-order chi connectivity index (χ0) is 12.3. The predicted molar refractivity (Wildman–Crippen MR) is 54.2 cm³/mol. The highest BCUT2D eigenvalue weighted by Gasteiger charge is 2.15. The van der Waals surface area contributed by atoms with E-state index in [4.69, 9.17) is 5.11 Å². The summed E-state index contributed by atoms with van der Waals surface area (Å²) in [7, 11) is 0. The third kappa shape index (κ3) is 2.63. The highest BCUT2D eigenvalue weighted by molar-refractivity contribution is 6.33. The second-order valence-corrected chi connectivity index (χ2v) is 3.28. The fourth-order valence-electron chi connectivity index (χ4n) is 1.29. The number of carboxylic acids is 1. The fourth-order valence-corrected chi connectivity index (χ4v) is 1.29. The standard InChI is InChI=1S/C10H9NO5/c1-6-4-7(5-9(12)10(13)14)2-3-8(6)11(15)16/h2-4H,5H2,1H3,(H,13,14). The number of carbonyl (C=O) groups is 2. The molecule has 0 saturated heterocycles. The molecule has 1 rings (SSSR count). The summed E-state index contributed by atoms with van der Waals surface area (Å²) in [5.41, 5.74) is 0.808. The van der Waals surface area contributed by atoms with Crippen LogP contribution in [0.25, 0.3) is 0 Å². The zero-order valence-corrected chi connectivity index (χ0v) is 8.47. The Morgan fingerprint density at radius 1 is 1.44 bits per heavy atom. The molecular formula is C10H9NO5. The monoisotopic (exact) mass is 223 g/mol. The van der Waals surface area contributed by atoms with Crippen molar-refractivity contribution in [1.29, 1.82) is 0 Å². The second kappa shape index (κ2) is 4.52. The Labute approximate surface area is 90.7 Å². The predicted octanol–water partition coefficient (Wildman–Crippen LogP) is 1.10. The Morgan fingerprint density at radius 2 is 2.06 bits per heavy atom. The normalized spacial score (nSPS) is 9.81. The molecule has 0 heterocycles. The van der Waals surface area contributed by atoms with E-state index in [9.17, 15) is 19.7 Å². The number of hydrogen-bond donors (Lipinski definition) is 1. The van der Waals surface area contributed by atoms with Gasteiger partial charge in [0.15, 0.2) is 0 Å². The summed E-state index contributed by atoms with van der Waals surface area (Å²) in [5, 5.41) is 18.9. The van der Waals surface area contributed by atoms with Crippen LogP contribution < -0.4 is 0 Å². The Balaban J connectivity index is 2.94. The van der Waals surface area contributed by atoms with Crippen molar-refractivity contribution in [1.82, 2.24) is 0 Å². The van der Waals surface area contributed by atoms with Crippen molar-refractivity contribution < 1.29 is 19.6 Å². The molecule has 0 aliphatic heterocycles. The van der Waals surface area contributed by atoms with E-state index in [0.717, 1.165) is 0 Å². The van der Waals surface area contributed by atoms with E-state index in [1.807, 2.05) is 0 Å². The average molecular weight is 223 g/mol. The molecule has 0 fully saturated rings. The van der Waals surface area contributed by atoms with Gasteiger partial charge in [-0.2, -0.15) is 0 Å². The van der Waals surface area contributed by atoms with Crippen LogP contribution in [0, 0.1) is 17.0 Å². The van der Waals surface area contributed by atoms with Crippen LogP contribution >= 0.6 is 0 Å². The number of nitro benzene ring substituents is 1. The van der Waals surface area contributed by atoms with Gasteiger partial charge in [0.1, 0.15) is 0 Å². The summed E-state index contributed by atoms with van der Waals surface area (Å²) in [6.45, 7) is 1.53. The molecule has 16 heavy (non-hydrogen) atoms. The maximum atomic E-state index is 10.9. The first-order chi connectivity index (χ1) is 7.41. The van der Waals surface area contributed by atoms with Crippen LogP contribution in [0.4, 0.5) is 5.69 Å². The lowest BCUT2D eigenvalue weighted by Gasteiger charge is -2.00. The number of rotatable bonds is 4. The third-order valence-electron chi connectivity index (χ3n) is 2.06. The van der Waals surface area contributed by atoms with Crippen LogP contribution in [0.3, 0.4) is 0 Å². The smallest absolute Gasteiger partial charge is 0.372 e. The quantitative estimate of drug-likeness (QED) is 0.468. The van der Waals surface area contributed by atoms with Gasteiger partial charge in [-0.15, -0.1) is 0 Å². The van der Waals surface area contributed by atoms with Crippen LogP contribution in [-0.4, -0.2) is 21.8 Å². The van der Waals surface area contributed by atoms with E-state index in [1.54, 1.807) is 0 Å². The molecule has 0 amide bonds. The summed E-state index contributed by atoms with van der Waals surface area (Å²) in [6, 6.07) is 4.09. The van der Waals surface area contributed by atoms with Crippen LogP contribution in [0.2, 0.25) is 0 Å². The maximum absolute atomic E-state index is 10.9. The van der Waals surface area contributed by atoms with Crippen LogP contribution in [0.5, 0.6) is 0 Å². The maximum Gasteiger partial charge on any atom is 0.372 e. The summed E-state index contributed by atoms with van der Waals surface area (Å²) < 4.78 is 0. The molecule has 1 aromatic carbocycles. The molecule has 0 bridgehead atoms. The molecule has 0 aliphatic rings. The van der Waals surface area contributed by atoms with Gasteiger partial charge in [-0.05, 0) is 18.6 Å². The van der Waals surface area contributed by atoms with Crippen LogP contribution in [0.15, 0.2) is 18.2 Å². The number of nitrogens with zero attached hydrogens (tertiary/aromatic N) is 1.